The first-order valence-electron chi connectivity index (χ1n) is 13.0. The van der Waals surface area contributed by atoms with Crippen LogP contribution in [0.5, 0.6) is 5.75 Å². The summed E-state index contributed by atoms with van der Waals surface area (Å²) in [7, 11) is 0. The highest BCUT2D eigenvalue weighted by molar-refractivity contribution is 6.05. The lowest BCUT2D eigenvalue weighted by atomic mass is 9.90. The molecule has 0 aromatic heterocycles. The Hall–Kier alpha value is -2.96. The second kappa shape index (κ2) is 10.2. The number of ether oxygens (including phenoxy) is 1. The second-order valence-electron chi connectivity index (χ2n) is 10.5. The van der Waals surface area contributed by atoms with Gasteiger partial charge in [0.2, 0.25) is 5.60 Å². The van der Waals surface area contributed by atoms with Gasteiger partial charge in [-0.05, 0) is 76.8 Å². The fourth-order valence-corrected chi connectivity index (χ4v) is 5.60. The summed E-state index contributed by atoms with van der Waals surface area (Å²) in [6.45, 7) is 9.81. The molecule has 2 aromatic carbocycles. The van der Waals surface area contributed by atoms with Gasteiger partial charge in [-0.1, -0.05) is 26.2 Å². The molecule has 0 saturated heterocycles. The van der Waals surface area contributed by atoms with E-state index in [-0.39, 0.29) is 23.6 Å². The van der Waals surface area contributed by atoms with Gasteiger partial charge in [0.25, 0.3) is 11.8 Å². The summed E-state index contributed by atoms with van der Waals surface area (Å²) in [5.41, 5.74) is 0.301. The first-order chi connectivity index (χ1) is 17.1. The Morgan fingerprint density at radius 3 is 2.33 bits per heavy atom. The number of aryl methyl sites for hydroxylation is 1. The average molecular weight is 499 g/mol. The van der Waals surface area contributed by atoms with Gasteiger partial charge < -0.3 is 14.5 Å². The van der Waals surface area contributed by atoms with E-state index in [4.69, 9.17) is 4.74 Å². The molecule has 4 rings (SSSR count). The minimum Gasteiger partial charge on any atom is -0.471 e. The van der Waals surface area contributed by atoms with Crippen LogP contribution in [-0.2, 0) is 10.4 Å². The molecule has 2 aromatic rings. The van der Waals surface area contributed by atoms with Crippen molar-refractivity contribution >= 4 is 17.5 Å². The van der Waals surface area contributed by atoms with Crippen LogP contribution in [0.1, 0.15) is 87.7 Å². The highest BCUT2D eigenvalue weighted by atomic mass is 19.1. The Kier molecular flexibility index (Phi) is 7.39. The number of halogens is 2. The number of benzene rings is 2. The zero-order valence-corrected chi connectivity index (χ0v) is 21.9. The van der Waals surface area contributed by atoms with Crippen molar-refractivity contribution in [1.82, 2.24) is 4.90 Å². The molecule has 194 valence electrons. The normalized spacial score (nSPS) is 20.3. The molecule has 1 atom stereocenters. The molecule has 1 fully saturated rings. The van der Waals surface area contributed by atoms with Gasteiger partial charge >= 0.3 is 0 Å². The standard InChI is InChI=1S/C29H36F2N2O3/c1-6-12-32-25-17-24(27(34)33(18(2)3)23-10-8-7-9-11-23)19(4)13-26(25)36-29(5,28(32)35)20-14-21(30)16-22(31)15-20/h13-18,23H,6-12H2,1-5H3. The molecular weight excluding hydrogens is 462 g/mol. The van der Waals surface area contributed by atoms with Gasteiger partial charge in [0.05, 0.1) is 5.69 Å². The number of amides is 2. The topological polar surface area (TPSA) is 49.9 Å². The molecular formula is C29H36F2N2O3. The van der Waals surface area contributed by atoms with Crippen LogP contribution >= 0.6 is 0 Å². The van der Waals surface area contributed by atoms with Crippen LogP contribution in [0.3, 0.4) is 0 Å². The number of carbonyl (C=O) groups excluding carboxylic acids is 2. The molecule has 0 bridgehead atoms. The van der Waals surface area contributed by atoms with E-state index in [9.17, 15) is 18.4 Å². The van der Waals surface area contributed by atoms with E-state index in [0.717, 1.165) is 49.4 Å². The Morgan fingerprint density at radius 1 is 1.11 bits per heavy atom. The quantitative estimate of drug-likeness (QED) is 0.456. The third-order valence-electron chi connectivity index (χ3n) is 7.41. The van der Waals surface area contributed by atoms with Crippen molar-refractivity contribution in [2.24, 2.45) is 0 Å². The molecule has 1 unspecified atom stereocenters. The van der Waals surface area contributed by atoms with Crippen LogP contribution in [0.25, 0.3) is 0 Å². The molecule has 0 N–H and O–H groups in total. The van der Waals surface area contributed by atoms with Crippen molar-refractivity contribution in [3.05, 3.63) is 58.7 Å². The number of anilines is 1. The molecule has 2 aliphatic rings. The third-order valence-corrected chi connectivity index (χ3v) is 7.41. The molecule has 2 amide bonds. The average Bonchev–Trinajstić information content (AvgIpc) is 2.81. The number of rotatable bonds is 6. The Bertz CT molecular complexity index is 1140. The molecule has 1 saturated carbocycles. The third kappa shape index (κ3) is 4.72. The van der Waals surface area contributed by atoms with E-state index in [0.29, 0.717) is 30.0 Å². The minimum absolute atomic E-state index is 0.0402. The summed E-state index contributed by atoms with van der Waals surface area (Å²) in [5, 5.41) is 0. The van der Waals surface area contributed by atoms with E-state index in [2.05, 4.69) is 0 Å². The summed E-state index contributed by atoms with van der Waals surface area (Å²) in [5.74, 6) is -1.59. The largest absolute Gasteiger partial charge is 0.471 e. The number of hydrogen-bond donors (Lipinski definition) is 0. The van der Waals surface area contributed by atoms with Gasteiger partial charge in [0.1, 0.15) is 17.4 Å². The molecule has 1 aliphatic carbocycles. The van der Waals surface area contributed by atoms with Crippen molar-refractivity contribution in [3.8, 4) is 5.75 Å². The lowest BCUT2D eigenvalue weighted by molar-refractivity contribution is -0.135. The molecule has 0 spiro atoms. The van der Waals surface area contributed by atoms with Crippen molar-refractivity contribution in [2.75, 3.05) is 11.4 Å². The Labute approximate surface area is 212 Å². The van der Waals surface area contributed by atoms with Crippen molar-refractivity contribution in [3.63, 3.8) is 0 Å². The van der Waals surface area contributed by atoms with Crippen molar-refractivity contribution in [1.29, 1.82) is 0 Å². The first-order valence-corrected chi connectivity index (χ1v) is 13.0. The summed E-state index contributed by atoms with van der Waals surface area (Å²) in [6, 6.07) is 6.81. The lowest BCUT2D eigenvalue weighted by Crippen LogP contribution is -2.52. The second-order valence-corrected chi connectivity index (χ2v) is 10.5. The van der Waals surface area contributed by atoms with Crippen LogP contribution < -0.4 is 9.64 Å². The maximum Gasteiger partial charge on any atom is 0.275 e. The van der Waals surface area contributed by atoms with Crippen LogP contribution in [0.4, 0.5) is 14.5 Å². The van der Waals surface area contributed by atoms with Gasteiger partial charge in [-0.3, -0.25) is 9.59 Å². The maximum atomic E-state index is 14.1. The number of hydrogen-bond acceptors (Lipinski definition) is 3. The summed E-state index contributed by atoms with van der Waals surface area (Å²) < 4.78 is 34.3. The van der Waals surface area contributed by atoms with Gasteiger partial charge in [-0.25, -0.2) is 8.78 Å². The molecule has 5 nitrogen and oxygen atoms in total. The van der Waals surface area contributed by atoms with E-state index in [1.807, 2.05) is 32.6 Å². The number of nitrogens with zero attached hydrogens (tertiary/aromatic N) is 2. The Morgan fingerprint density at radius 2 is 1.75 bits per heavy atom. The maximum absolute atomic E-state index is 14.1. The van der Waals surface area contributed by atoms with Gasteiger partial charge in [-0.2, -0.15) is 0 Å². The molecule has 0 radical (unpaired) electrons. The number of fused-ring (bicyclic) bond motifs is 1. The van der Waals surface area contributed by atoms with E-state index >= 15 is 0 Å². The fraction of sp³-hybridized carbons (Fsp3) is 0.517. The predicted molar refractivity (Wildman–Crippen MR) is 136 cm³/mol. The first kappa shape index (κ1) is 26.1. The molecule has 36 heavy (non-hydrogen) atoms. The van der Waals surface area contributed by atoms with E-state index in [1.165, 1.54) is 13.3 Å². The van der Waals surface area contributed by atoms with E-state index < -0.39 is 23.1 Å². The van der Waals surface area contributed by atoms with Crippen LogP contribution in [0.15, 0.2) is 30.3 Å². The highest BCUT2D eigenvalue weighted by Crippen LogP contribution is 2.44. The van der Waals surface area contributed by atoms with Crippen LogP contribution in [-0.4, -0.2) is 35.3 Å². The zero-order valence-electron chi connectivity index (χ0n) is 21.9. The summed E-state index contributed by atoms with van der Waals surface area (Å²) in [4.78, 5) is 31.2. The SMILES string of the molecule is CCCN1C(=O)C(C)(c2cc(F)cc(F)c2)Oc2cc(C)c(C(=O)N(C(C)C)C3CCCCC3)cc21. The van der Waals surface area contributed by atoms with Crippen molar-refractivity contribution in [2.45, 2.75) is 90.8 Å². The van der Waals surface area contributed by atoms with Crippen molar-refractivity contribution < 1.29 is 23.1 Å². The summed E-state index contributed by atoms with van der Waals surface area (Å²) >= 11 is 0. The monoisotopic (exact) mass is 498 g/mol. The Balaban J connectivity index is 1.78. The smallest absolute Gasteiger partial charge is 0.275 e. The van der Waals surface area contributed by atoms with Crippen LogP contribution in [0, 0.1) is 18.6 Å². The zero-order chi connectivity index (χ0) is 26.2. The lowest BCUT2D eigenvalue weighted by Gasteiger charge is -2.42. The van der Waals surface area contributed by atoms with E-state index in [1.54, 1.807) is 17.0 Å². The molecule has 1 heterocycles. The molecule has 1 aliphatic heterocycles. The molecule has 7 heteroatoms. The van der Waals surface area contributed by atoms with Gasteiger partial charge in [-0.15, -0.1) is 0 Å². The minimum atomic E-state index is -1.60. The fourth-order valence-electron chi connectivity index (χ4n) is 5.60. The predicted octanol–water partition coefficient (Wildman–Crippen LogP) is 6.51. The highest BCUT2D eigenvalue weighted by Gasteiger charge is 2.47. The van der Waals surface area contributed by atoms with Gasteiger partial charge in [0.15, 0.2) is 0 Å². The number of carbonyl (C=O) groups is 2. The van der Waals surface area contributed by atoms with Gasteiger partial charge in [0, 0.05) is 35.8 Å². The van der Waals surface area contributed by atoms with Crippen LogP contribution in [0.2, 0.25) is 0 Å². The summed E-state index contributed by atoms with van der Waals surface area (Å²) in [6.07, 6.45) is 6.11.